The largest absolute Gasteiger partial charge is 0.292 e. The zero-order valence-corrected chi connectivity index (χ0v) is 7.91. The molecule has 3 heteroatoms. The van der Waals surface area contributed by atoms with Crippen LogP contribution in [0.3, 0.4) is 0 Å². The molecule has 0 saturated carbocycles. The molecule has 56 valence electrons. The molecule has 0 aliphatic rings. The van der Waals surface area contributed by atoms with Crippen LogP contribution in [0, 0.1) is 16.0 Å². The molecule has 11 heavy (non-hydrogen) atoms. The van der Waals surface area contributed by atoms with E-state index in [0.717, 1.165) is 3.70 Å². The fourth-order valence-electron chi connectivity index (χ4n) is 0.740. The van der Waals surface area contributed by atoms with Crippen molar-refractivity contribution in [2.45, 2.75) is 6.54 Å². The number of aromatic nitrogens is 1. The van der Waals surface area contributed by atoms with E-state index in [1.807, 2.05) is 6.07 Å². The first kappa shape index (κ1) is 8.34. The van der Waals surface area contributed by atoms with Gasteiger partial charge in [0, 0.05) is 6.07 Å². The highest BCUT2D eigenvalue weighted by atomic mass is 127. The quantitative estimate of drug-likeness (QED) is 0.420. The Labute approximate surface area is 78.4 Å². The minimum Gasteiger partial charge on any atom is -0.292 e. The van der Waals surface area contributed by atoms with Crippen LogP contribution in [0.4, 0.5) is 0 Å². The number of rotatable bonds is 1. The summed E-state index contributed by atoms with van der Waals surface area (Å²) in [6, 6.07) is 5.07. The molecule has 0 unspecified atom stereocenters. The molecule has 0 atom stereocenters. The molecule has 0 aliphatic heterocycles. The first-order valence-electron chi connectivity index (χ1n) is 3.04. The van der Waals surface area contributed by atoms with Crippen molar-refractivity contribution in [3.63, 3.8) is 0 Å². The van der Waals surface area contributed by atoms with Crippen molar-refractivity contribution in [3.05, 3.63) is 32.3 Å². The summed E-state index contributed by atoms with van der Waals surface area (Å²) < 4.78 is 2.41. The van der Waals surface area contributed by atoms with Gasteiger partial charge in [-0.2, -0.15) is 0 Å². The molecule has 0 bridgehead atoms. The summed E-state index contributed by atoms with van der Waals surface area (Å²) in [7, 11) is 0. The minimum atomic E-state index is -0.0464. The number of nitrogens with zero attached hydrogens (tertiary/aromatic N) is 1. The van der Waals surface area contributed by atoms with E-state index in [2.05, 4.69) is 28.5 Å². The molecule has 0 fully saturated rings. The highest BCUT2D eigenvalue weighted by molar-refractivity contribution is 14.1. The number of pyridine rings is 1. The summed E-state index contributed by atoms with van der Waals surface area (Å²) in [5, 5.41) is 0. The maximum Gasteiger partial charge on any atom is 0.252 e. The molecular weight excluding hydrogens is 253 g/mol. The fraction of sp³-hybridized carbons (Fsp3) is 0.125. The Morgan fingerprint density at radius 2 is 2.36 bits per heavy atom. The van der Waals surface area contributed by atoms with Gasteiger partial charge in [-0.1, -0.05) is 12.0 Å². The molecule has 0 amide bonds. The molecule has 1 aromatic heterocycles. The van der Waals surface area contributed by atoms with Crippen LogP contribution in [0.5, 0.6) is 0 Å². The van der Waals surface area contributed by atoms with Crippen LogP contribution in [0.25, 0.3) is 0 Å². The van der Waals surface area contributed by atoms with E-state index in [-0.39, 0.29) is 5.56 Å². The summed E-state index contributed by atoms with van der Waals surface area (Å²) in [6.45, 7) is 0.345. The highest BCUT2D eigenvalue weighted by Gasteiger charge is 1.95. The van der Waals surface area contributed by atoms with Crippen LogP contribution in [0.1, 0.15) is 0 Å². The summed E-state index contributed by atoms with van der Waals surface area (Å²) in [6.07, 6.45) is 5.09. The third-order valence-corrected chi connectivity index (χ3v) is 2.19. The predicted octanol–water partition coefficient (Wildman–Crippen LogP) is 1.09. The summed E-state index contributed by atoms with van der Waals surface area (Å²) in [5.74, 6) is 2.42. The normalized spacial score (nSPS) is 9.09. The third-order valence-electron chi connectivity index (χ3n) is 1.25. The molecule has 0 aromatic carbocycles. The van der Waals surface area contributed by atoms with E-state index >= 15 is 0 Å². The molecule has 1 aromatic rings. The second kappa shape index (κ2) is 3.58. The van der Waals surface area contributed by atoms with Gasteiger partial charge in [0.15, 0.2) is 0 Å². The zero-order valence-electron chi connectivity index (χ0n) is 5.75. The topological polar surface area (TPSA) is 22.0 Å². The maximum absolute atomic E-state index is 11.1. The summed E-state index contributed by atoms with van der Waals surface area (Å²) in [4.78, 5) is 11.1. The lowest BCUT2D eigenvalue weighted by molar-refractivity contribution is 0.772. The number of hydrogen-bond donors (Lipinski definition) is 0. The lowest BCUT2D eigenvalue weighted by atomic mass is 10.5. The van der Waals surface area contributed by atoms with Crippen LogP contribution in [0.2, 0.25) is 0 Å². The lowest BCUT2D eigenvalue weighted by Gasteiger charge is -2.01. The maximum atomic E-state index is 11.1. The van der Waals surface area contributed by atoms with Gasteiger partial charge in [-0.3, -0.25) is 9.36 Å². The number of hydrogen-bond acceptors (Lipinski definition) is 1. The Kier molecular flexibility index (Phi) is 2.71. The summed E-state index contributed by atoms with van der Waals surface area (Å²) >= 11 is 2.08. The van der Waals surface area contributed by atoms with Gasteiger partial charge in [0.1, 0.15) is 0 Å². The van der Waals surface area contributed by atoms with Crippen molar-refractivity contribution in [1.82, 2.24) is 4.57 Å². The molecule has 1 rings (SSSR count). The van der Waals surface area contributed by atoms with Crippen LogP contribution in [-0.4, -0.2) is 4.57 Å². The second-order valence-corrected chi connectivity index (χ2v) is 3.08. The van der Waals surface area contributed by atoms with Gasteiger partial charge in [-0.25, -0.2) is 0 Å². The number of terminal acetylenes is 1. The molecule has 0 radical (unpaired) electrons. The SMILES string of the molecule is C#CCn1c(I)cccc1=O. The van der Waals surface area contributed by atoms with E-state index in [1.54, 1.807) is 10.6 Å². The van der Waals surface area contributed by atoms with Crippen LogP contribution in [0.15, 0.2) is 23.0 Å². The predicted molar refractivity (Wildman–Crippen MR) is 52.3 cm³/mol. The second-order valence-electron chi connectivity index (χ2n) is 1.98. The van der Waals surface area contributed by atoms with Gasteiger partial charge in [0.05, 0.1) is 10.2 Å². The van der Waals surface area contributed by atoms with Crippen molar-refractivity contribution in [1.29, 1.82) is 0 Å². The van der Waals surface area contributed by atoms with Crippen molar-refractivity contribution in [2.75, 3.05) is 0 Å². The summed E-state index contributed by atoms with van der Waals surface area (Å²) in [5.41, 5.74) is -0.0464. The molecule has 0 saturated heterocycles. The number of halogens is 1. The van der Waals surface area contributed by atoms with Crippen molar-refractivity contribution >= 4 is 22.6 Å². The Bertz CT molecular complexity index is 348. The van der Waals surface area contributed by atoms with Gasteiger partial charge in [-0.05, 0) is 28.7 Å². The van der Waals surface area contributed by atoms with Gasteiger partial charge in [0.25, 0.3) is 5.56 Å². The van der Waals surface area contributed by atoms with E-state index in [9.17, 15) is 4.79 Å². The van der Waals surface area contributed by atoms with Gasteiger partial charge in [-0.15, -0.1) is 6.42 Å². The smallest absolute Gasteiger partial charge is 0.252 e. The van der Waals surface area contributed by atoms with E-state index in [4.69, 9.17) is 6.42 Å². The van der Waals surface area contributed by atoms with E-state index in [0.29, 0.717) is 6.54 Å². The van der Waals surface area contributed by atoms with Crippen LogP contribution >= 0.6 is 22.6 Å². The highest BCUT2D eigenvalue weighted by Crippen LogP contribution is 1.99. The van der Waals surface area contributed by atoms with Crippen LogP contribution in [-0.2, 0) is 6.54 Å². The average Bonchev–Trinajstić information content (AvgIpc) is 1.97. The van der Waals surface area contributed by atoms with Crippen molar-refractivity contribution in [2.24, 2.45) is 0 Å². The monoisotopic (exact) mass is 259 g/mol. The van der Waals surface area contributed by atoms with Gasteiger partial charge >= 0.3 is 0 Å². The molecule has 0 spiro atoms. The molecule has 2 nitrogen and oxygen atoms in total. The lowest BCUT2D eigenvalue weighted by Crippen LogP contribution is -2.20. The van der Waals surface area contributed by atoms with Crippen LogP contribution < -0.4 is 5.56 Å². The average molecular weight is 259 g/mol. The molecule has 0 N–H and O–H groups in total. The van der Waals surface area contributed by atoms with E-state index < -0.39 is 0 Å². The first-order chi connectivity index (χ1) is 5.25. The third kappa shape index (κ3) is 1.84. The zero-order chi connectivity index (χ0) is 8.27. The molecule has 1 heterocycles. The van der Waals surface area contributed by atoms with Gasteiger partial charge in [0.2, 0.25) is 0 Å². The van der Waals surface area contributed by atoms with E-state index in [1.165, 1.54) is 6.07 Å². The molecular formula is C8H6INO. The Morgan fingerprint density at radius 3 is 2.91 bits per heavy atom. The molecule has 0 aliphatic carbocycles. The Balaban J connectivity index is 3.24. The van der Waals surface area contributed by atoms with Crippen molar-refractivity contribution < 1.29 is 0 Å². The fourth-order valence-corrected chi connectivity index (χ4v) is 1.36. The van der Waals surface area contributed by atoms with Crippen molar-refractivity contribution in [3.8, 4) is 12.3 Å². The Morgan fingerprint density at radius 1 is 1.64 bits per heavy atom. The van der Waals surface area contributed by atoms with Gasteiger partial charge < -0.3 is 0 Å². The Hall–Kier alpha value is -0.760. The minimum absolute atomic E-state index is 0.0464. The first-order valence-corrected chi connectivity index (χ1v) is 4.12. The standard InChI is InChI=1S/C8H6INO/c1-2-6-10-7(9)4-3-5-8(10)11/h1,3-5H,6H2.